The first-order valence-electron chi connectivity index (χ1n) is 8.43. The molecule has 1 amide bonds. The fourth-order valence-corrected chi connectivity index (χ4v) is 2.89. The van der Waals surface area contributed by atoms with E-state index in [1.54, 1.807) is 0 Å². The monoisotopic (exact) mass is 318 g/mol. The highest BCUT2D eigenvalue weighted by Crippen LogP contribution is 2.49. The molecular weight excluding hydrogens is 292 g/mol. The van der Waals surface area contributed by atoms with Crippen molar-refractivity contribution in [2.75, 3.05) is 33.4 Å². The van der Waals surface area contributed by atoms with Crippen LogP contribution in [0.4, 0.5) is 0 Å². The standard InChI is InChI=1S/C18H26N2O3/c1-12(2)20(3)7-6-19-18(21)15-11-14(15)13-4-5-16-17(10-13)23-9-8-22-16/h4-5,10,12,14-15H,6-9,11H2,1-3H3,(H,19,21)/t14-,15-/m0/s1. The maximum atomic E-state index is 12.2. The number of likely N-dealkylation sites (N-methyl/N-ethyl adjacent to an activating group) is 1. The zero-order chi connectivity index (χ0) is 16.4. The Morgan fingerprint density at radius 1 is 1.30 bits per heavy atom. The lowest BCUT2D eigenvalue weighted by Crippen LogP contribution is -2.36. The smallest absolute Gasteiger partial charge is 0.223 e. The second-order valence-corrected chi connectivity index (χ2v) is 6.72. The SMILES string of the molecule is CC(C)N(C)CCNC(=O)[C@H]1C[C@H]1c1ccc2c(c1)OCCO2. The number of nitrogens with zero attached hydrogens (tertiary/aromatic N) is 1. The molecule has 1 fully saturated rings. The van der Waals surface area contributed by atoms with Crippen LogP contribution in [0.25, 0.3) is 0 Å². The molecule has 0 saturated heterocycles. The van der Waals surface area contributed by atoms with Gasteiger partial charge in [-0.05, 0) is 50.9 Å². The Hall–Kier alpha value is -1.75. The quantitative estimate of drug-likeness (QED) is 0.872. The second-order valence-electron chi connectivity index (χ2n) is 6.72. The summed E-state index contributed by atoms with van der Waals surface area (Å²) in [5, 5.41) is 3.06. The highest BCUT2D eigenvalue weighted by atomic mass is 16.6. The van der Waals surface area contributed by atoms with Crippen LogP contribution in [0.3, 0.4) is 0 Å². The van der Waals surface area contributed by atoms with Gasteiger partial charge < -0.3 is 19.7 Å². The fourth-order valence-electron chi connectivity index (χ4n) is 2.89. The number of rotatable bonds is 6. The van der Waals surface area contributed by atoms with Gasteiger partial charge in [0.15, 0.2) is 11.5 Å². The molecule has 1 aromatic carbocycles. The van der Waals surface area contributed by atoms with E-state index in [1.807, 2.05) is 12.1 Å². The summed E-state index contributed by atoms with van der Waals surface area (Å²) in [5.74, 6) is 2.19. The van der Waals surface area contributed by atoms with E-state index in [-0.39, 0.29) is 11.8 Å². The molecule has 0 bridgehead atoms. The minimum Gasteiger partial charge on any atom is -0.486 e. The minimum atomic E-state index is 0.0990. The molecule has 1 aromatic rings. The summed E-state index contributed by atoms with van der Waals surface area (Å²) in [4.78, 5) is 14.5. The first-order chi connectivity index (χ1) is 11.1. The molecule has 0 unspecified atom stereocenters. The van der Waals surface area contributed by atoms with Crippen molar-refractivity contribution in [1.82, 2.24) is 10.2 Å². The van der Waals surface area contributed by atoms with Crippen LogP contribution in [0.1, 0.15) is 31.7 Å². The van der Waals surface area contributed by atoms with Gasteiger partial charge in [-0.25, -0.2) is 0 Å². The first kappa shape index (κ1) is 16.1. The molecule has 5 nitrogen and oxygen atoms in total. The van der Waals surface area contributed by atoms with Gasteiger partial charge in [0.25, 0.3) is 0 Å². The van der Waals surface area contributed by atoms with Crippen LogP contribution >= 0.6 is 0 Å². The summed E-state index contributed by atoms with van der Waals surface area (Å²) in [6, 6.07) is 6.53. The molecule has 1 N–H and O–H groups in total. The third kappa shape index (κ3) is 3.78. The topological polar surface area (TPSA) is 50.8 Å². The molecule has 1 saturated carbocycles. The summed E-state index contributed by atoms with van der Waals surface area (Å²) in [6.45, 7) is 7.09. The van der Waals surface area contributed by atoms with Gasteiger partial charge in [0.1, 0.15) is 13.2 Å². The summed E-state index contributed by atoms with van der Waals surface area (Å²) < 4.78 is 11.2. The number of ether oxygens (including phenoxy) is 2. The third-order valence-corrected chi connectivity index (χ3v) is 4.77. The normalized spacial score (nSPS) is 22.3. The van der Waals surface area contributed by atoms with Crippen molar-refractivity contribution in [3.63, 3.8) is 0 Å². The van der Waals surface area contributed by atoms with Gasteiger partial charge in [-0.3, -0.25) is 4.79 Å². The fraction of sp³-hybridized carbons (Fsp3) is 0.611. The number of carbonyl (C=O) groups is 1. The van der Waals surface area contributed by atoms with E-state index in [0.717, 1.165) is 24.5 Å². The van der Waals surface area contributed by atoms with Crippen molar-refractivity contribution in [3.8, 4) is 11.5 Å². The van der Waals surface area contributed by atoms with Crippen LogP contribution in [0, 0.1) is 5.92 Å². The van der Waals surface area contributed by atoms with Gasteiger partial charge in [-0.2, -0.15) is 0 Å². The van der Waals surface area contributed by atoms with Gasteiger partial charge >= 0.3 is 0 Å². The average Bonchev–Trinajstić information content (AvgIpc) is 3.34. The number of fused-ring (bicyclic) bond motifs is 1. The minimum absolute atomic E-state index is 0.0990. The second kappa shape index (κ2) is 6.79. The largest absolute Gasteiger partial charge is 0.486 e. The van der Waals surface area contributed by atoms with Gasteiger partial charge in [0.2, 0.25) is 5.91 Å². The van der Waals surface area contributed by atoms with Crippen molar-refractivity contribution >= 4 is 5.91 Å². The van der Waals surface area contributed by atoms with Crippen molar-refractivity contribution < 1.29 is 14.3 Å². The Balaban J connectivity index is 1.50. The van der Waals surface area contributed by atoms with E-state index < -0.39 is 0 Å². The van der Waals surface area contributed by atoms with Gasteiger partial charge in [-0.15, -0.1) is 0 Å². The molecule has 1 aliphatic heterocycles. The van der Waals surface area contributed by atoms with Gasteiger partial charge in [0.05, 0.1) is 0 Å². The Kier molecular flexibility index (Phi) is 4.76. The molecule has 1 aliphatic carbocycles. The molecule has 2 aliphatic rings. The van der Waals surface area contributed by atoms with Crippen molar-refractivity contribution in [2.45, 2.75) is 32.2 Å². The lowest BCUT2D eigenvalue weighted by molar-refractivity contribution is -0.122. The molecular formula is C18H26N2O3. The molecule has 3 rings (SSSR count). The van der Waals surface area contributed by atoms with Crippen LogP contribution in [0.2, 0.25) is 0 Å². The van der Waals surface area contributed by atoms with E-state index in [2.05, 4.69) is 37.2 Å². The maximum absolute atomic E-state index is 12.2. The number of hydrogen-bond donors (Lipinski definition) is 1. The van der Waals surface area contributed by atoms with E-state index in [4.69, 9.17) is 9.47 Å². The molecule has 0 aromatic heterocycles. The van der Waals surface area contributed by atoms with Crippen LogP contribution in [0.5, 0.6) is 11.5 Å². The Bertz CT molecular complexity index is 573. The third-order valence-electron chi connectivity index (χ3n) is 4.77. The molecule has 126 valence electrons. The van der Waals surface area contributed by atoms with Crippen molar-refractivity contribution in [2.24, 2.45) is 5.92 Å². The number of amides is 1. The number of nitrogens with one attached hydrogen (secondary N) is 1. The van der Waals surface area contributed by atoms with Crippen LogP contribution < -0.4 is 14.8 Å². The van der Waals surface area contributed by atoms with E-state index >= 15 is 0 Å². The summed E-state index contributed by atoms with van der Waals surface area (Å²) in [5.41, 5.74) is 1.17. The molecule has 0 radical (unpaired) electrons. The molecule has 5 heteroatoms. The maximum Gasteiger partial charge on any atom is 0.223 e. The molecule has 23 heavy (non-hydrogen) atoms. The summed E-state index contributed by atoms with van der Waals surface area (Å²) >= 11 is 0. The Labute approximate surface area is 137 Å². The highest BCUT2D eigenvalue weighted by molar-refractivity contribution is 5.83. The number of benzene rings is 1. The Morgan fingerprint density at radius 3 is 2.78 bits per heavy atom. The van der Waals surface area contributed by atoms with Crippen molar-refractivity contribution in [3.05, 3.63) is 23.8 Å². The van der Waals surface area contributed by atoms with E-state index in [9.17, 15) is 4.79 Å². The van der Waals surface area contributed by atoms with E-state index in [0.29, 0.717) is 31.7 Å². The predicted molar refractivity (Wildman–Crippen MR) is 89.1 cm³/mol. The molecule has 2 atom stereocenters. The van der Waals surface area contributed by atoms with Gasteiger partial charge in [-0.1, -0.05) is 6.07 Å². The Morgan fingerprint density at radius 2 is 2.04 bits per heavy atom. The number of carbonyl (C=O) groups excluding carboxylic acids is 1. The van der Waals surface area contributed by atoms with Crippen LogP contribution in [-0.2, 0) is 4.79 Å². The first-order valence-corrected chi connectivity index (χ1v) is 8.43. The number of hydrogen-bond acceptors (Lipinski definition) is 4. The average molecular weight is 318 g/mol. The zero-order valence-corrected chi connectivity index (χ0v) is 14.2. The highest BCUT2D eigenvalue weighted by Gasteiger charge is 2.44. The van der Waals surface area contributed by atoms with Gasteiger partial charge in [0, 0.05) is 25.0 Å². The van der Waals surface area contributed by atoms with Crippen LogP contribution in [0.15, 0.2) is 18.2 Å². The predicted octanol–water partition coefficient (Wildman–Crippen LogP) is 2.02. The molecule has 0 spiro atoms. The summed E-state index contributed by atoms with van der Waals surface area (Å²) in [7, 11) is 2.08. The lowest BCUT2D eigenvalue weighted by Gasteiger charge is -2.21. The van der Waals surface area contributed by atoms with Crippen molar-refractivity contribution in [1.29, 1.82) is 0 Å². The molecule has 1 heterocycles. The summed E-state index contributed by atoms with van der Waals surface area (Å²) in [6.07, 6.45) is 0.922. The zero-order valence-electron chi connectivity index (χ0n) is 14.2. The lowest BCUT2D eigenvalue weighted by atomic mass is 10.1. The van der Waals surface area contributed by atoms with E-state index in [1.165, 1.54) is 5.56 Å². The van der Waals surface area contributed by atoms with Crippen LogP contribution in [-0.4, -0.2) is 50.2 Å².